The van der Waals surface area contributed by atoms with E-state index >= 15 is 0 Å². The van der Waals surface area contributed by atoms with Crippen LogP contribution in [0.25, 0.3) is 0 Å². The molecule has 0 saturated heterocycles. The zero-order valence-electron chi connectivity index (χ0n) is 10.4. The van der Waals surface area contributed by atoms with Crippen LogP contribution in [0.1, 0.15) is 30.5 Å². The van der Waals surface area contributed by atoms with Crippen LogP contribution in [0.2, 0.25) is 0 Å². The van der Waals surface area contributed by atoms with Crippen molar-refractivity contribution in [3.63, 3.8) is 0 Å². The molecule has 0 aliphatic heterocycles. The predicted molar refractivity (Wildman–Crippen MR) is 75.7 cm³/mol. The molecule has 96 valence electrons. The molecular formula is C14H18N2OS. The van der Waals surface area contributed by atoms with Crippen LogP contribution in [0.5, 0.6) is 5.75 Å². The van der Waals surface area contributed by atoms with Gasteiger partial charge in [-0.3, -0.25) is 5.84 Å². The number of nitrogens with one attached hydrogen (secondary N) is 1. The SMILES string of the molecule is CCCOc1ccccc1C(NN)c1ccsc1. The summed E-state index contributed by atoms with van der Waals surface area (Å²) in [6.45, 7) is 2.82. The Balaban J connectivity index is 2.30. The van der Waals surface area contributed by atoms with Gasteiger partial charge in [0.2, 0.25) is 0 Å². The molecule has 0 fully saturated rings. The van der Waals surface area contributed by atoms with Crippen LogP contribution < -0.4 is 16.0 Å². The van der Waals surface area contributed by atoms with E-state index in [1.807, 2.05) is 24.3 Å². The normalized spacial score (nSPS) is 12.3. The molecule has 3 N–H and O–H groups in total. The lowest BCUT2D eigenvalue weighted by molar-refractivity contribution is 0.312. The first-order valence-corrected chi connectivity index (χ1v) is 7.01. The number of nitrogens with two attached hydrogens (primary N) is 1. The summed E-state index contributed by atoms with van der Waals surface area (Å²) in [5.41, 5.74) is 5.10. The number of hydrazine groups is 1. The van der Waals surface area contributed by atoms with Crippen molar-refractivity contribution in [2.75, 3.05) is 6.61 Å². The predicted octanol–water partition coefficient (Wildman–Crippen LogP) is 3.09. The van der Waals surface area contributed by atoms with Crippen molar-refractivity contribution >= 4 is 11.3 Å². The summed E-state index contributed by atoms with van der Waals surface area (Å²) in [5, 5.41) is 4.15. The Morgan fingerprint density at radius 3 is 2.83 bits per heavy atom. The lowest BCUT2D eigenvalue weighted by atomic mass is 10.0. The molecule has 0 bridgehead atoms. The second-order valence-electron chi connectivity index (χ2n) is 4.04. The number of para-hydroxylation sites is 1. The minimum Gasteiger partial charge on any atom is -0.493 e. The van der Waals surface area contributed by atoms with Gasteiger partial charge < -0.3 is 4.74 Å². The molecule has 2 aromatic rings. The van der Waals surface area contributed by atoms with Gasteiger partial charge in [-0.1, -0.05) is 25.1 Å². The molecule has 0 aliphatic rings. The largest absolute Gasteiger partial charge is 0.493 e. The number of benzene rings is 1. The van der Waals surface area contributed by atoms with Crippen molar-refractivity contribution in [2.45, 2.75) is 19.4 Å². The van der Waals surface area contributed by atoms with Gasteiger partial charge in [0, 0.05) is 5.56 Å². The van der Waals surface area contributed by atoms with Crippen LogP contribution in [0.15, 0.2) is 41.1 Å². The molecule has 1 unspecified atom stereocenters. The van der Waals surface area contributed by atoms with Gasteiger partial charge in [-0.15, -0.1) is 0 Å². The van der Waals surface area contributed by atoms with E-state index in [0.717, 1.165) is 29.9 Å². The highest BCUT2D eigenvalue weighted by atomic mass is 32.1. The summed E-state index contributed by atoms with van der Waals surface area (Å²) in [5.74, 6) is 6.59. The molecule has 0 spiro atoms. The van der Waals surface area contributed by atoms with E-state index in [4.69, 9.17) is 10.6 Å². The highest BCUT2D eigenvalue weighted by molar-refractivity contribution is 7.08. The van der Waals surface area contributed by atoms with Crippen molar-refractivity contribution in [3.8, 4) is 5.75 Å². The molecule has 4 heteroatoms. The van der Waals surface area contributed by atoms with E-state index < -0.39 is 0 Å². The Labute approximate surface area is 112 Å². The third-order valence-corrected chi connectivity index (χ3v) is 3.44. The maximum absolute atomic E-state index is 5.77. The van der Waals surface area contributed by atoms with Crippen LogP contribution in [0.3, 0.4) is 0 Å². The Bertz CT molecular complexity index is 470. The van der Waals surface area contributed by atoms with E-state index in [9.17, 15) is 0 Å². The minimum absolute atomic E-state index is 0.0238. The molecule has 0 radical (unpaired) electrons. The molecule has 0 aliphatic carbocycles. The smallest absolute Gasteiger partial charge is 0.124 e. The first kappa shape index (κ1) is 13.1. The number of thiophene rings is 1. The Morgan fingerprint density at radius 1 is 1.33 bits per heavy atom. The second-order valence-corrected chi connectivity index (χ2v) is 4.82. The summed E-state index contributed by atoms with van der Waals surface area (Å²) in [6.07, 6.45) is 0.994. The lowest BCUT2D eigenvalue weighted by Crippen LogP contribution is -2.28. The molecule has 0 saturated carbocycles. The second kappa shape index (κ2) is 6.54. The van der Waals surface area contributed by atoms with Crippen LogP contribution in [-0.4, -0.2) is 6.61 Å². The van der Waals surface area contributed by atoms with Gasteiger partial charge >= 0.3 is 0 Å². The standard InChI is InChI=1S/C14H18N2OS/c1-2-8-17-13-6-4-3-5-12(13)14(16-15)11-7-9-18-10-11/h3-7,9-10,14,16H,2,8,15H2,1H3. The Morgan fingerprint density at radius 2 is 2.17 bits per heavy atom. The van der Waals surface area contributed by atoms with Gasteiger partial charge in [-0.2, -0.15) is 11.3 Å². The molecule has 1 atom stereocenters. The summed E-state index contributed by atoms with van der Waals surface area (Å²) in [6, 6.07) is 10.1. The van der Waals surface area contributed by atoms with Crippen molar-refractivity contribution in [3.05, 3.63) is 52.2 Å². The van der Waals surface area contributed by atoms with Gasteiger partial charge in [0.15, 0.2) is 0 Å². The number of rotatable bonds is 6. The molecule has 1 heterocycles. The third-order valence-electron chi connectivity index (χ3n) is 2.73. The van der Waals surface area contributed by atoms with Crippen molar-refractivity contribution < 1.29 is 4.74 Å². The Hall–Kier alpha value is -1.36. The minimum atomic E-state index is -0.0238. The third kappa shape index (κ3) is 2.90. The molecule has 3 nitrogen and oxygen atoms in total. The average Bonchev–Trinajstić information content (AvgIpc) is 2.92. The fourth-order valence-electron chi connectivity index (χ4n) is 1.87. The first-order valence-electron chi connectivity index (χ1n) is 6.06. The van der Waals surface area contributed by atoms with Crippen LogP contribution in [0, 0.1) is 0 Å². The van der Waals surface area contributed by atoms with Gasteiger partial charge in [0.25, 0.3) is 0 Å². The fourth-order valence-corrected chi connectivity index (χ4v) is 2.55. The van der Waals surface area contributed by atoms with E-state index in [-0.39, 0.29) is 6.04 Å². The van der Waals surface area contributed by atoms with Crippen molar-refractivity contribution in [1.82, 2.24) is 5.43 Å². The molecule has 2 rings (SSSR count). The highest BCUT2D eigenvalue weighted by Crippen LogP contribution is 2.30. The summed E-state index contributed by atoms with van der Waals surface area (Å²) in [4.78, 5) is 0. The molecule has 18 heavy (non-hydrogen) atoms. The van der Waals surface area contributed by atoms with Gasteiger partial charge in [-0.25, -0.2) is 5.43 Å². The maximum atomic E-state index is 5.77. The maximum Gasteiger partial charge on any atom is 0.124 e. The average molecular weight is 262 g/mol. The topological polar surface area (TPSA) is 47.3 Å². The summed E-state index contributed by atoms with van der Waals surface area (Å²) in [7, 11) is 0. The Kier molecular flexibility index (Phi) is 4.75. The first-order chi connectivity index (χ1) is 8.86. The van der Waals surface area contributed by atoms with Gasteiger partial charge in [-0.05, 0) is 34.9 Å². The zero-order valence-corrected chi connectivity index (χ0v) is 11.2. The highest BCUT2D eigenvalue weighted by Gasteiger charge is 2.16. The molecule has 1 aromatic carbocycles. The molecule has 1 aromatic heterocycles. The van der Waals surface area contributed by atoms with Crippen LogP contribution in [0.4, 0.5) is 0 Å². The quantitative estimate of drug-likeness (QED) is 0.621. The monoisotopic (exact) mass is 262 g/mol. The lowest BCUT2D eigenvalue weighted by Gasteiger charge is -2.19. The van der Waals surface area contributed by atoms with E-state index in [1.54, 1.807) is 11.3 Å². The molecule has 0 amide bonds. The summed E-state index contributed by atoms with van der Waals surface area (Å²) >= 11 is 1.67. The fraction of sp³-hybridized carbons (Fsp3) is 0.286. The van der Waals surface area contributed by atoms with Crippen LogP contribution >= 0.6 is 11.3 Å². The van der Waals surface area contributed by atoms with Crippen LogP contribution in [-0.2, 0) is 0 Å². The van der Waals surface area contributed by atoms with Gasteiger partial charge in [0.05, 0.1) is 12.6 Å². The van der Waals surface area contributed by atoms with Crippen molar-refractivity contribution in [2.24, 2.45) is 5.84 Å². The zero-order chi connectivity index (χ0) is 12.8. The van der Waals surface area contributed by atoms with E-state index in [0.29, 0.717) is 0 Å². The number of hydrogen-bond acceptors (Lipinski definition) is 4. The van der Waals surface area contributed by atoms with Crippen molar-refractivity contribution in [1.29, 1.82) is 0 Å². The van der Waals surface area contributed by atoms with E-state index in [2.05, 4.69) is 29.2 Å². The van der Waals surface area contributed by atoms with E-state index in [1.165, 1.54) is 0 Å². The molecular weight excluding hydrogens is 244 g/mol. The number of hydrogen-bond donors (Lipinski definition) is 2. The van der Waals surface area contributed by atoms with Gasteiger partial charge in [0.1, 0.15) is 5.75 Å². The number of ether oxygens (including phenoxy) is 1. The summed E-state index contributed by atoms with van der Waals surface area (Å²) < 4.78 is 5.77.